The summed E-state index contributed by atoms with van der Waals surface area (Å²) in [5.41, 5.74) is 6.04. The predicted molar refractivity (Wildman–Crippen MR) is 61.5 cm³/mol. The van der Waals surface area contributed by atoms with E-state index in [2.05, 4.69) is 6.92 Å². The summed E-state index contributed by atoms with van der Waals surface area (Å²) in [5, 5.41) is 0. The lowest BCUT2D eigenvalue weighted by molar-refractivity contribution is -0.133. The molecule has 2 N–H and O–H groups in total. The third-order valence-corrected chi connectivity index (χ3v) is 3.14. The van der Waals surface area contributed by atoms with E-state index in [1.165, 1.54) is 0 Å². The van der Waals surface area contributed by atoms with E-state index in [1.54, 1.807) is 0 Å². The van der Waals surface area contributed by atoms with E-state index in [0.29, 0.717) is 12.5 Å². The number of hydrogen-bond donors (Lipinski definition) is 1. The van der Waals surface area contributed by atoms with Crippen molar-refractivity contribution in [1.29, 1.82) is 0 Å². The normalized spacial score (nSPS) is 27.1. The van der Waals surface area contributed by atoms with E-state index in [1.807, 2.05) is 23.9 Å². The minimum atomic E-state index is 0.162. The fourth-order valence-electron chi connectivity index (χ4n) is 2.13. The van der Waals surface area contributed by atoms with Crippen LogP contribution in [0.3, 0.4) is 0 Å². The van der Waals surface area contributed by atoms with Gasteiger partial charge >= 0.3 is 0 Å². The van der Waals surface area contributed by atoms with Crippen LogP contribution in [0.4, 0.5) is 0 Å². The number of piperidine rings is 1. The zero-order valence-electron chi connectivity index (χ0n) is 10.1. The molecule has 0 aromatic heterocycles. The van der Waals surface area contributed by atoms with E-state index in [-0.39, 0.29) is 11.9 Å². The number of likely N-dealkylation sites (N-methyl/N-ethyl adjacent to an activating group) is 1. The van der Waals surface area contributed by atoms with Crippen LogP contribution in [0.2, 0.25) is 0 Å². The quantitative estimate of drug-likeness (QED) is 0.725. The average Bonchev–Trinajstić information content (AvgIpc) is 2.16. The molecule has 88 valence electrons. The Morgan fingerprint density at radius 2 is 2.20 bits per heavy atom. The van der Waals surface area contributed by atoms with Crippen molar-refractivity contribution in [1.82, 2.24) is 9.80 Å². The number of hydrogen-bond acceptors (Lipinski definition) is 3. The van der Waals surface area contributed by atoms with Crippen molar-refractivity contribution >= 4 is 5.91 Å². The first-order valence-electron chi connectivity index (χ1n) is 5.72. The van der Waals surface area contributed by atoms with Crippen LogP contribution in [-0.2, 0) is 4.79 Å². The van der Waals surface area contributed by atoms with Gasteiger partial charge < -0.3 is 15.5 Å². The molecule has 1 amide bonds. The Morgan fingerprint density at radius 3 is 2.67 bits per heavy atom. The SMILES string of the molecule is CCC1CCN(C(=O)CN(C)C)CC1N. The van der Waals surface area contributed by atoms with Gasteiger partial charge in [-0.2, -0.15) is 0 Å². The molecule has 2 unspecified atom stereocenters. The van der Waals surface area contributed by atoms with Crippen molar-refractivity contribution in [3.05, 3.63) is 0 Å². The number of amides is 1. The van der Waals surface area contributed by atoms with Crippen LogP contribution in [-0.4, -0.2) is 55.5 Å². The van der Waals surface area contributed by atoms with Gasteiger partial charge in [-0.05, 0) is 26.4 Å². The Labute approximate surface area is 92.4 Å². The molecule has 1 aliphatic rings. The second kappa shape index (κ2) is 5.47. The minimum absolute atomic E-state index is 0.162. The number of likely N-dealkylation sites (tertiary alicyclic amines) is 1. The van der Waals surface area contributed by atoms with Crippen molar-refractivity contribution in [3.8, 4) is 0 Å². The molecule has 1 aliphatic heterocycles. The molecule has 15 heavy (non-hydrogen) atoms. The molecule has 0 bridgehead atoms. The van der Waals surface area contributed by atoms with Crippen molar-refractivity contribution in [2.24, 2.45) is 11.7 Å². The Morgan fingerprint density at radius 1 is 1.53 bits per heavy atom. The predicted octanol–water partition coefficient (Wildman–Crippen LogP) is 0.134. The fourth-order valence-corrected chi connectivity index (χ4v) is 2.13. The topological polar surface area (TPSA) is 49.6 Å². The van der Waals surface area contributed by atoms with Crippen molar-refractivity contribution < 1.29 is 4.79 Å². The molecule has 1 fully saturated rings. The molecule has 0 radical (unpaired) electrons. The Hall–Kier alpha value is -0.610. The number of nitrogens with zero attached hydrogens (tertiary/aromatic N) is 2. The van der Waals surface area contributed by atoms with Gasteiger partial charge in [0.15, 0.2) is 0 Å². The Bertz CT molecular complexity index is 218. The lowest BCUT2D eigenvalue weighted by atomic mass is 9.90. The van der Waals surface area contributed by atoms with Crippen LogP contribution in [0, 0.1) is 5.92 Å². The van der Waals surface area contributed by atoms with Crippen LogP contribution in [0.25, 0.3) is 0 Å². The molecular weight excluding hydrogens is 190 g/mol. The largest absolute Gasteiger partial charge is 0.340 e. The Balaban J connectivity index is 2.43. The van der Waals surface area contributed by atoms with Crippen LogP contribution < -0.4 is 5.73 Å². The molecule has 0 saturated carbocycles. The summed E-state index contributed by atoms with van der Waals surface area (Å²) in [7, 11) is 3.83. The first kappa shape index (κ1) is 12.5. The highest BCUT2D eigenvalue weighted by atomic mass is 16.2. The second-order valence-electron chi connectivity index (χ2n) is 4.70. The first-order chi connectivity index (χ1) is 7.04. The highest BCUT2D eigenvalue weighted by molar-refractivity contribution is 5.78. The molecule has 1 rings (SSSR count). The number of rotatable bonds is 3. The van der Waals surface area contributed by atoms with Gasteiger partial charge in [-0.1, -0.05) is 13.3 Å². The third-order valence-electron chi connectivity index (χ3n) is 3.14. The summed E-state index contributed by atoms with van der Waals surface area (Å²) in [5.74, 6) is 0.790. The second-order valence-corrected chi connectivity index (χ2v) is 4.70. The highest BCUT2D eigenvalue weighted by Gasteiger charge is 2.27. The highest BCUT2D eigenvalue weighted by Crippen LogP contribution is 2.19. The molecule has 0 aromatic carbocycles. The molecule has 0 spiro atoms. The number of nitrogens with two attached hydrogens (primary N) is 1. The Kier molecular flexibility index (Phi) is 4.54. The summed E-state index contributed by atoms with van der Waals surface area (Å²) in [6, 6.07) is 0.162. The molecule has 1 saturated heterocycles. The summed E-state index contributed by atoms with van der Waals surface area (Å²) in [6.45, 7) is 4.26. The van der Waals surface area contributed by atoms with Crippen LogP contribution in [0.15, 0.2) is 0 Å². The maximum absolute atomic E-state index is 11.8. The molecule has 0 aliphatic carbocycles. The smallest absolute Gasteiger partial charge is 0.236 e. The number of carbonyl (C=O) groups is 1. The standard InChI is InChI=1S/C11H23N3O/c1-4-9-5-6-14(7-10(9)12)11(15)8-13(2)3/h9-10H,4-8,12H2,1-3H3. The zero-order valence-corrected chi connectivity index (χ0v) is 10.1. The fraction of sp³-hybridized carbons (Fsp3) is 0.909. The van der Waals surface area contributed by atoms with Crippen LogP contribution in [0.5, 0.6) is 0 Å². The molecule has 4 nitrogen and oxygen atoms in total. The molecule has 1 heterocycles. The molecular formula is C11H23N3O. The minimum Gasteiger partial charge on any atom is -0.340 e. The maximum Gasteiger partial charge on any atom is 0.236 e. The van der Waals surface area contributed by atoms with Crippen molar-refractivity contribution in [3.63, 3.8) is 0 Å². The monoisotopic (exact) mass is 213 g/mol. The third kappa shape index (κ3) is 3.47. The first-order valence-corrected chi connectivity index (χ1v) is 5.72. The summed E-state index contributed by atoms with van der Waals surface area (Å²) >= 11 is 0. The van der Waals surface area contributed by atoms with Gasteiger partial charge in [-0.3, -0.25) is 4.79 Å². The van der Waals surface area contributed by atoms with Gasteiger partial charge in [0.1, 0.15) is 0 Å². The maximum atomic E-state index is 11.8. The van der Waals surface area contributed by atoms with Crippen LogP contribution >= 0.6 is 0 Å². The summed E-state index contributed by atoms with van der Waals surface area (Å²) in [4.78, 5) is 15.6. The van der Waals surface area contributed by atoms with E-state index < -0.39 is 0 Å². The number of carbonyl (C=O) groups excluding carboxylic acids is 1. The van der Waals surface area contributed by atoms with E-state index in [4.69, 9.17) is 5.73 Å². The van der Waals surface area contributed by atoms with Gasteiger partial charge in [0.2, 0.25) is 5.91 Å². The lowest BCUT2D eigenvalue weighted by Crippen LogP contribution is -2.52. The average molecular weight is 213 g/mol. The van der Waals surface area contributed by atoms with Gasteiger partial charge in [-0.25, -0.2) is 0 Å². The summed E-state index contributed by atoms with van der Waals surface area (Å²) < 4.78 is 0. The van der Waals surface area contributed by atoms with Crippen molar-refractivity contribution in [2.75, 3.05) is 33.7 Å². The van der Waals surface area contributed by atoms with Gasteiger partial charge in [0.05, 0.1) is 6.54 Å². The van der Waals surface area contributed by atoms with Gasteiger partial charge in [0, 0.05) is 19.1 Å². The zero-order chi connectivity index (χ0) is 11.4. The molecule has 2 atom stereocenters. The van der Waals surface area contributed by atoms with E-state index in [0.717, 1.165) is 25.9 Å². The van der Waals surface area contributed by atoms with Crippen LogP contribution in [0.1, 0.15) is 19.8 Å². The molecule has 0 aromatic rings. The van der Waals surface area contributed by atoms with E-state index >= 15 is 0 Å². The van der Waals surface area contributed by atoms with Crippen molar-refractivity contribution in [2.45, 2.75) is 25.8 Å². The van der Waals surface area contributed by atoms with Gasteiger partial charge in [-0.15, -0.1) is 0 Å². The lowest BCUT2D eigenvalue weighted by Gasteiger charge is -2.36. The molecule has 4 heteroatoms. The summed E-state index contributed by atoms with van der Waals surface area (Å²) in [6.07, 6.45) is 2.17. The van der Waals surface area contributed by atoms with E-state index in [9.17, 15) is 4.79 Å². The van der Waals surface area contributed by atoms with Gasteiger partial charge in [0.25, 0.3) is 0 Å².